The van der Waals surface area contributed by atoms with Gasteiger partial charge in [0.15, 0.2) is 11.5 Å². The summed E-state index contributed by atoms with van der Waals surface area (Å²) in [5.74, 6) is 2.65. The van der Waals surface area contributed by atoms with Crippen LogP contribution in [-0.2, 0) is 11.3 Å². The molecule has 2 aliphatic rings. The first-order valence-corrected chi connectivity index (χ1v) is 10.7. The van der Waals surface area contributed by atoms with E-state index >= 15 is 0 Å². The predicted octanol–water partition coefficient (Wildman–Crippen LogP) is 3.52. The van der Waals surface area contributed by atoms with Crippen molar-refractivity contribution in [1.82, 2.24) is 9.80 Å². The van der Waals surface area contributed by atoms with Gasteiger partial charge in [-0.15, -0.1) is 0 Å². The van der Waals surface area contributed by atoms with Gasteiger partial charge in [-0.25, -0.2) is 0 Å². The normalized spacial score (nSPS) is 19.1. The molecule has 8 nitrogen and oxygen atoms in total. The number of benzene rings is 1. The van der Waals surface area contributed by atoms with Crippen LogP contribution in [-0.4, -0.2) is 49.6 Å². The number of hydrogen-bond acceptors (Lipinski definition) is 8. The zero-order valence-corrected chi connectivity index (χ0v) is 18.4. The molecule has 0 unspecified atom stereocenters. The number of carbonyl (C=O) groups excluding carboxylic acids is 1. The fraction of sp³-hybridized carbons (Fsp3) is 0.364. The van der Waals surface area contributed by atoms with Gasteiger partial charge < -0.3 is 18.6 Å². The number of nitrogens with zero attached hydrogens (tertiary/aromatic N) is 3. The zero-order chi connectivity index (χ0) is 22.0. The van der Waals surface area contributed by atoms with Gasteiger partial charge in [0.2, 0.25) is 5.91 Å². The number of thioether (sulfide) groups is 1. The van der Waals surface area contributed by atoms with Gasteiger partial charge in [0.05, 0.1) is 63.4 Å². The van der Waals surface area contributed by atoms with E-state index in [1.165, 1.54) is 11.8 Å². The first kappa shape index (κ1) is 21.2. The molecular weight excluding hydrogens is 418 g/mol. The number of fused-ring (bicyclic) bond motifs is 1. The first-order valence-electron chi connectivity index (χ1n) is 9.71. The zero-order valence-electron chi connectivity index (χ0n) is 17.6. The highest BCUT2D eigenvalue weighted by Gasteiger charge is 2.39. The molecule has 1 atom stereocenters. The molecule has 0 aliphatic carbocycles. The summed E-state index contributed by atoms with van der Waals surface area (Å²) in [4.78, 5) is 16.9. The smallest absolute Gasteiger partial charge is 0.229 e. The van der Waals surface area contributed by atoms with E-state index in [0.29, 0.717) is 46.9 Å². The largest absolute Gasteiger partial charge is 0.496 e. The lowest BCUT2D eigenvalue weighted by Gasteiger charge is -2.41. The van der Waals surface area contributed by atoms with Crippen LogP contribution in [0, 0.1) is 11.3 Å². The summed E-state index contributed by atoms with van der Waals surface area (Å²) < 4.78 is 21.8. The maximum Gasteiger partial charge on any atom is 0.229 e. The molecule has 4 rings (SSSR count). The molecule has 0 N–H and O–H groups in total. The van der Waals surface area contributed by atoms with E-state index in [-0.39, 0.29) is 12.3 Å². The average Bonchev–Trinajstić information content (AvgIpc) is 3.31. The Balaban J connectivity index is 1.68. The van der Waals surface area contributed by atoms with Crippen molar-refractivity contribution in [1.29, 1.82) is 5.26 Å². The number of rotatable bonds is 6. The molecule has 1 fully saturated rings. The van der Waals surface area contributed by atoms with Crippen LogP contribution in [0.1, 0.15) is 23.7 Å². The number of methoxy groups -OCH3 is 3. The molecule has 0 radical (unpaired) electrons. The van der Waals surface area contributed by atoms with E-state index in [4.69, 9.17) is 18.6 Å². The van der Waals surface area contributed by atoms with Crippen molar-refractivity contribution in [2.75, 3.05) is 33.9 Å². The summed E-state index contributed by atoms with van der Waals surface area (Å²) in [5.41, 5.74) is 1.29. The van der Waals surface area contributed by atoms with E-state index in [0.717, 1.165) is 11.3 Å². The van der Waals surface area contributed by atoms with Gasteiger partial charge in [0, 0.05) is 24.0 Å². The molecule has 162 valence electrons. The summed E-state index contributed by atoms with van der Waals surface area (Å²) >= 11 is 1.49. The highest BCUT2D eigenvalue weighted by molar-refractivity contribution is 8.03. The summed E-state index contributed by atoms with van der Waals surface area (Å²) in [6.07, 6.45) is 1.81. The fourth-order valence-electron chi connectivity index (χ4n) is 3.92. The van der Waals surface area contributed by atoms with E-state index in [9.17, 15) is 10.1 Å². The van der Waals surface area contributed by atoms with Gasteiger partial charge in [0.25, 0.3) is 0 Å². The lowest BCUT2D eigenvalue weighted by Crippen LogP contribution is -2.46. The molecule has 31 heavy (non-hydrogen) atoms. The van der Waals surface area contributed by atoms with Crippen molar-refractivity contribution in [2.45, 2.75) is 18.9 Å². The maximum absolute atomic E-state index is 13.1. The van der Waals surface area contributed by atoms with E-state index < -0.39 is 5.92 Å². The fourth-order valence-corrected chi connectivity index (χ4v) is 5.06. The second-order valence-corrected chi connectivity index (χ2v) is 8.11. The lowest BCUT2D eigenvalue weighted by atomic mass is 9.85. The Hall–Kier alpha value is -3.09. The molecule has 0 spiro atoms. The summed E-state index contributed by atoms with van der Waals surface area (Å²) in [5, 5.41) is 10.7. The third-order valence-corrected chi connectivity index (χ3v) is 6.63. The molecular formula is C22H23N3O5S. The van der Waals surface area contributed by atoms with Gasteiger partial charge in [-0.05, 0) is 18.2 Å². The van der Waals surface area contributed by atoms with Crippen molar-refractivity contribution in [2.24, 2.45) is 0 Å². The average molecular weight is 442 g/mol. The van der Waals surface area contributed by atoms with Gasteiger partial charge in [0.1, 0.15) is 11.5 Å². The minimum Gasteiger partial charge on any atom is -0.496 e. The third-order valence-electron chi connectivity index (χ3n) is 5.42. The Labute approximate surface area is 184 Å². The molecule has 1 amide bonds. The van der Waals surface area contributed by atoms with Gasteiger partial charge in [-0.1, -0.05) is 11.8 Å². The van der Waals surface area contributed by atoms with Crippen LogP contribution in [0.3, 0.4) is 0 Å². The maximum atomic E-state index is 13.1. The molecule has 2 aliphatic heterocycles. The van der Waals surface area contributed by atoms with Gasteiger partial charge in [-0.3, -0.25) is 14.6 Å². The van der Waals surface area contributed by atoms with Crippen molar-refractivity contribution in [3.05, 3.63) is 52.5 Å². The molecule has 0 saturated carbocycles. The van der Waals surface area contributed by atoms with Gasteiger partial charge >= 0.3 is 0 Å². The number of furan rings is 1. The number of ether oxygens (including phenoxy) is 3. The van der Waals surface area contributed by atoms with E-state index in [1.54, 1.807) is 44.6 Å². The molecule has 3 heterocycles. The predicted molar refractivity (Wildman–Crippen MR) is 115 cm³/mol. The second kappa shape index (κ2) is 8.96. The minimum absolute atomic E-state index is 0.0347. The van der Waals surface area contributed by atoms with Crippen LogP contribution < -0.4 is 14.2 Å². The Morgan fingerprint density at radius 2 is 1.94 bits per heavy atom. The first-order chi connectivity index (χ1) is 15.1. The Morgan fingerprint density at radius 1 is 1.19 bits per heavy atom. The molecule has 1 aromatic heterocycles. The van der Waals surface area contributed by atoms with Crippen molar-refractivity contribution in [3.8, 4) is 23.3 Å². The van der Waals surface area contributed by atoms with Crippen LogP contribution in [0.25, 0.3) is 0 Å². The van der Waals surface area contributed by atoms with Crippen LogP contribution in [0.15, 0.2) is 45.5 Å². The number of hydrogen-bond donors (Lipinski definition) is 0. The quantitative estimate of drug-likeness (QED) is 0.673. The summed E-state index contributed by atoms with van der Waals surface area (Å²) in [7, 11) is 4.66. The number of carbonyl (C=O) groups is 1. The Morgan fingerprint density at radius 3 is 2.58 bits per heavy atom. The molecule has 9 heteroatoms. The van der Waals surface area contributed by atoms with E-state index in [1.807, 2.05) is 12.1 Å². The minimum atomic E-state index is -0.414. The second-order valence-electron chi connectivity index (χ2n) is 7.18. The van der Waals surface area contributed by atoms with Crippen molar-refractivity contribution >= 4 is 17.7 Å². The standard InChI is InChI=1S/C22H23N3O5S/c1-27-18-9-20(29-3)19(28-2)7-16(18)15-8-21(26)25-12-24(11-14-5-4-6-30-14)13-31-22(25)17(15)10-23/h4-7,9,15H,8,11-13H2,1-3H3/t15-/m1/s1. The molecule has 1 aromatic carbocycles. The monoisotopic (exact) mass is 441 g/mol. The SMILES string of the molecule is COc1cc(OC)c([C@H]2CC(=O)N3CN(Cc4ccco4)CSC3=C2C#N)cc1OC. The highest BCUT2D eigenvalue weighted by atomic mass is 32.2. The van der Waals surface area contributed by atoms with Crippen LogP contribution in [0.4, 0.5) is 0 Å². The van der Waals surface area contributed by atoms with Crippen LogP contribution in [0.5, 0.6) is 17.2 Å². The molecule has 1 saturated heterocycles. The number of nitriles is 1. The van der Waals surface area contributed by atoms with Crippen molar-refractivity contribution < 1.29 is 23.4 Å². The van der Waals surface area contributed by atoms with Crippen molar-refractivity contribution in [3.63, 3.8) is 0 Å². The lowest BCUT2D eigenvalue weighted by molar-refractivity contribution is -0.132. The summed E-state index contributed by atoms with van der Waals surface area (Å²) in [6.45, 7) is 1.02. The van der Waals surface area contributed by atoms with Crippen LogP contribution >= 0.6 is 11.8 Å². The van der Waals surface area contributed by atoms with Gasteiger partial charge in [-0.2, -0.15) is 5.26 Å². The topological polar surface area (TPSA) is 88.2 Å². The van der Waals surface area contributed by atoms with E-state index in [2.05, 4.69) is 11.0 Å². The Kier molecular flexibility index (Phi) is 6.11. The highest BCUT2D eigenvalue weighted by Crippen LogP contribution is 2.47. The Bertz CT molecular complexity index is 1040. The van der Waals surface area contributed by atoms with Crippen LogP contribution in [0.2, 0.25) is 0 Å². The number of amides is 1. The number of allylic oxidation sites excluding steroid dienone is 1. The molecule has 0 bridgehead atoms. The summed E-state index contributed by atoms with van der Waals surface area (Å²) in [6, 6.07) is 9.62. The third kappa shape index (κ3) is 3.96. The molecule has 2 aromatic rings.